The normalized spacial score (nSPS) is 12.3. The Bertz CT molecular complexity index is 517. The van der Waals surface area contributed by atoms with Gasteiger partial charge in [-0.15, -0.1) is 0 Å². The maximum atomic E-state index is 12.3. The number of hydrogen-bond donors (Lipinski definition) is 1. The van der Waals surface area contributed by atoms with Gasteiger partial charge in [-0.3, -0.25) is 4.79 Å². The molecule has 2 aromatic rings. The zero-order chi connectivity index (χ0) is 14.4. The average Bonchev–Trinajstić information content (AvgIpc) is 2.93. The van der Waals surface area contributed by atoms with E-state index >= 15 is 0 Å². The van der Waals surface area contributed by atoms with Crippen molar-refractivity contribution in [3.05, 3.63) is 60.4 Å². The van der Waals surface area contributed by atoms with Crippen molar-refractivity contribution in [2.75, 3.05) is 6.54 Å². The van der Waals surface area contributed by atoms with Gasteiger partial charge in [0.05, 0.1) is 0 Å². The van der Waals surface area contributed by atoms with Crippen molar-refractivity contribution in [1.29, 1.82) is 0 Å². The highest BCUT2D eigenvalue weighted by atomic mass is 16.2. The molecule has 3 heteroatoms. The molecule has 0 aliphatic heterocycles. The predicted molar refractivity (Wildman–Crippen MR) is 81.5 cm³/mol. The minimum absolute atomic E-state index is 0.0899. The van der Waals surface area contributed by atoms with Gasteiger partial charge >= 0.3 is 0 Å². The molecule has 0 saturated heterocycles. The Morgan fingerprint density at radius 1 is 1.10 bits per heavy atom. The second-order valence-electron chi connectivity index (χ2n) is 5.35. The molecule has 2 rings (SSSR count). The maximum Gasteiger partial charge on any atom is 0.243 e. The monoisotopic (exact) mass is 270 g/mol. The van der Waals surface area contributed by atoms with Crippen LogP contribution in [0.25, 0.3) is 0 Å². The number of carbonyl (C=O) groups is 1. The molecule has 1 aromatic heterocycles. The number of nitrogens with zero attached hydrogens (tertiary/aromatic N) is 1. The molecule has 0 spiro atoms. The highest BCUT2D eigenvalue weighted by molar-refractivity contribution is 5.80. The molecule has 0 aliphatic rings. The number of aromatic nitrogens is 1. The summed E-state index contributed by atoms with van der Waals surface area (Å²) < 4.78 is 1.97. The van der Waals surface area contributed by atoms with Crippen molar-refractivity contribution in [3.63, 3.8) is 0 Å². The summed E-state index contributed by atoms with van der Waals surface area (Å²) in [5.41, 5.74) is 1.25. The van der Waals surface area contributed by atoms with Crippen molar-refractivity contribution in [1.82, 2.24) is 9.88 Å². The van der Waals surface area contributed by atoms with Crippen LogP contribution >= 0.6 is 0 Å². The molecule has 1 heterocycles. The van der Waals surface area contributed by atoms with E-state index in [9.17, 15) is 4.79 Å². The molecule has 1 atom stereocenters. The Balaban J connectivity index is 1.90. The summed E-state index contributed by atoms with van der Waals surface area (Å²) in [6.07, 6.45) is 4.76. The van der Waals surface area contributed by atoms with Crippen molar-refractivity contribution < 1.29 is 4.79 Å². The lowest BCUT2D eigenvalue weighted by atomic mass is 10.0. The fraction of sp³-hybridized carbons (Fsp3) is 0.353. The summed E-state index contributed by atoms with van der Waals surface area (Å²) in [6, 6.07) is 14.0. The molecule has 3 nitrogen and oxygen atoms in total. The van der Waals surface area contributed by atoms with Gasteiger partial charge in [0.1, 0.15) is 6.04 Å². The van der Waals surface area contributed by atoms with Gasteiger partial charge in [0.2, 0.25) is 5.91 Å². The van der Waals surface area contributed by atoms with Crippen LogP contribution in [0.1, 0.15) is 25.5 Å². The lowest BCUT2D eigenvalue weighted by Gasteiger charge is -2.22. The van der Waals surface area contributed by atoms with Crippen LogP contribution < -0.4 is 5.32 Å². The summed E-state index contributed by atoms with van der Waals surface area (Å²) in [6.45, 7) is 4.82. The molecule has 0 radical (unpaired) electrons. The second kappa shape index (κ2) is 6.94. The van der Waals surface area contributed by atoms with Gasteiger partial charge in [0.25, 0.3) is 0 Å². The molecule has 0 unspecified atom stereocenters. The van der Waals surface area contributed by atoms with E-state index in [1.54, 1.807) is 0 Å². The number of amides is 1. The van der Waals surface area contributed by atoms with E-state index < -0.39 is 0 Å². The van der Waals surface area contributed by atoms with Crippen LogP contribution in [0.3, 0.4) is 0 Å². The first-order valence-corrected chi connectivity index (χ1v) is 7.12. The van der Waals surface area contributed by atoms with Crippen LogP contribution in [-0.4, -0.2) is 17.0 Å². The van der Waals surface area contributed by atoms with E-state index in [2.05, 4.69) is 31.3 Å². The average molecular weight is 270 g/mol. The molecular weight excluding hydrogens is 248 g/mol. The second-order valence-corrected chi connectivity index (χ2v) is 5.35. The highest BCUT2D eigenvalue weighted by Gasteiger charge is 2.22. The Morgan fingerprint density at radius 3 is 2.35 bits per heavy atom. The first kappa shape index (κ1) is 14.4. The molecule has 0 saturated carbocycles. The fourth-order valence-corrected chi connectivity index (χ4v) is 2.39. The van der Waals surface area contributed by atoms with Crippen LogP contribution in [-0.2, 0) is 11.2 Å². The lowest BCUT2D eigenvalue weighted by Crippen LogP contribution is -2.36. The predicted octanol–water partition coefficient (Wildman–Crippen LogP) is 3.04. The van der Waals surface area contributed by atoms with Gasteiger partial charge in [-0.1, -0.05) is 44.2 Å². The van der Waals surface area contributed by atoms with Crippen molar-refractivity contribution in [3.8, 4) is 0 Å². The summed E-state index contributed by atoms with van der Waals surface area (Å²) >= 11 is 0. The van der Waals surface area contributed by atoms with E-state index in [1.165, 1.54) is 5.56 Å². The van der Waals surface area contributed by atoms with E-state index in [-0.39, 0.29) is 17.9 Å². The minimum Gasteiger partial charge on any atom is -0.354 e. The van der Waals surface area contributed by atoms with Crippen LogP contribution in [0.15, 0.2) is 54.9 Å². The number of rotatable bonds is 6. The molecule has 0 fully saturated rings. The third-order valence-electron chi connectivity index (χ3n) is 3.40. The van der Waals surface area contributed by atoms with Gasteiger partial charge < -0.3 is 9.88 Å². The fourth-order valence-electron chi connectivity index (χ4n) is 2.39. The Labute approximate surface area is 120 Å². The molecule has 20 heavy (non-hydrogen) atoms. The van der Waals surface area contributed by atoms with Gasteiger partial charge in [0.15, 0.2) is 0 Å². The smallest absolute Gasteiger partial charge is 0.243 e. The molecular formula is C17H22N2O. The standard InChI is InChI=1S/C17H22N2O/c1-14(2)16(19-12-6-7-13-19)17(20)18-11-10-15-8-4-3-5-9-15/h3-9,12-14,16H,10-11H2,1-2H3,(H,18,20)/t16-/m1/s1. The third kappa shape index (κ3) is 3.73. The largest absolute Gasteiger partial charge is 0.354 e. The van der Waals surface area contributed by atoms with Crippen LogP contribution in [0, 0.1) is 5.92 Å². The minimum atomic E-state index is -0.138. The van der Waals surface area contributed by atoms with E-state index in [1.807, 2.05) is 47.3 Å². The van der Waals surface area contributed by atoms with E-state index in [0.29, 0.717) is 6.54 Å². The molecule has 106 valence electrons. The van der Waals surface area contributed by atoms with Crippen molar-refractivity contribution in [2.24, 2.45) is 5.92 Å². The first-order valence-electron chi connectivity index (χ1n) is 7.12. The topological polar surface area (TPSA) is 34.0 Å². The van der Waals surface area contributed by atoms with Crippen molar-refractivity contribution in [2.45, 2.75) is 26.3 Å². The van der Waals surface area contributed by atoms with Crippen LogP contribution in [0.5, 0.6) is 0 Å². The Morgan fingerprint density at radius 2 is 1.75 bits per heavy atom. The van der Waals surface area contributed by atoms with E-state index in [0.717, 1.165) is 6.42 Å². The quantitative estimate of drug-likeness (QED) is 0.860. The number of carbonyl (C=O) groups excluding carboxylic acids is 1. The molecule has 1 N–H and O–H groups in total. The SMILES string of the molecule is CC(C)[C@H](C(=O)NCCc1ccccc1)n1cccc1. The Hall–Kier alpha value is -2.03. The molecule has 0 aliphatic carbocycles. The highest BCUT2D eigenvalue weighted by Crippen LogP contribution is 2.17. The summed E-state index contributed by atoms with van der Waals surface area (Å²) in [5.74, 6) is 0.353. The summed E-state index contributed by atoms with van der Waals surface area (Å²) in [4.78, 5) is 12.3. The third-order valence-corrected chi connectivity index (χ3v) is 3.40. The maximum absolute atomic E-state index is 12.3. The van der Waals surface area contributed by atoms with Crippen LogP contribution in [0.2, 0.25) is 0 Å². The molecule has 1 amide bonds. The zero-order valence-corrected chi connectivity index (χ0v) is 12.1. The first-order chi connectivity index (χ1) is 9.68. The number of hydrogen-bond acceptors (Lipinski definition) is 1. The number of benzene rings is 1. The lowest BCUT2D eigenvalue weighted by molar-refractivity contribution is -0.125. The zero-order valence-electron chi connectivity index (χ0n) is 12.1. The summed E-state index contributed by atoms with van der Waals surface area (Å²) in [5, 5.41) is 3.04. The van der Waals surface area contributed by atoms with Gasteiger partial charge in [-0.25, -0.2) is 0 Å². The van der Waals surface area contributed by atoms with Gasteiger partial charge in [0, 0.05) is 18.9 Å². The van der Waals surface area contributed by atoms with Gasteiger partial charge in [-0.2, -0.15) is 0 Å². The van der Waals surface area contributed by atoms with Gasteiger partial charge in [-0.05, 0) is 30.0 Å². The Kier molecular flexibility index (Phi) is 4.99. The van der Waals surface area contributed by atoms with Crippen molar-refractivity contribution >= 4 is 5.91 Å². The molecule has 0 bridgehead atoms. The van der Waals surface area contributed by atoms with Crippen LogP contribution in [0.4, 0.5) is 0 Å². The molecule has 1 aromatic carbocycles. The number of nitrogens with one attached hydrogen (secondary N) is 1. The summed E-state index contributed by atoms with van der Waals surface area (Å²) in [7, 11) is 0. The van der Waals surface area contributed by atoms with E-state index in [4.69, 9.17) is 0 Å².